The average Bonchev–Trinajstić information content (AvgIpc) is 2.30. The van der Waals surface area contributed by atoms with Gasteiger partial charge in [-0.2, -0.15) is 0 Å². The smallest absolute Gasteiger partial charge is 0.129 e. The van der Waals surface area contributed by atoms with Crippen LogP contribution in [-0.4, -0.2) is 55.2 Å². The van der Waals surface area contributed by atoms with Crippen molar-refractivity contribution in [1.29, 1.82) is 0 Å². The molecule has 0 saturated carbocycles. The van der Waals surface area contributed by atoms with Gasteiger partial charge < -0.3 is 14.6 Å². The van der Waals surface area contributed by atoms with E-state index in [1.54, 1.807) is 0 Å². The monoisotopic (exact) mass is 229 g/mol. The molecule has 0 radical (unpaired) electrons. The summed E-state index contributed by atoms with van der Waals surface area (Å²) in [4.78, 5) is 13.3. The largest absolute Gasteiger partial charge is 0.394 e. The van der Waals surface area contributed by atoms with Crippen LogP contribution in [-0.2, 0) is 9.53 Å². The molecule has 1 saturated heterocycles. The molecule has 0 aromatic rings. The lowest BCUT2D eigenvalue weighted by atomic mass is 9.82. The number of ether oxygens (including phenoxy) is 1. The molecule has 1 atom stereocenters. The van der Waals surface area contributed by atoms with E-state index >= 15 is 0 Å². The molecule has 1 heterocycles. The molecule has 0 aromatic heterocycles. The van der Waals surface area contributed by atoms with Crippen LogP contribution < -0.4 is 0 Å². The van der Waals surface area contributed by atoms with Crippen molar-refractivity contribution in [3.63, 3.8) is 0 Å². The minimum Gasteiger partial charge on any atom is -0.394 e. The Morgan fingerprint density at radius 1 is 1.56 bits per heavy atom. The third-order valence-corrected chi connectivity index (χ3v) is 3.58. The Hall–Kier alpha value is -0.450. The van der Waals surface area contributed by atoms with E-state index in [0.717, 1.165) is 25.7 Å². The zero-order chi connectivity index (χ0) is 12.2. The first-order valence-electron chi connectivity index (χ1n) is 5.82. The van der Waals surface area contributed by atoms with Crippen molar-refractivity contribution in [2.75, 3.05) is 33.4 Å². The molecule has 4 nitrogen and oxygen atoms in total. The molecular weight excluding hydrogens is 206 g/mol. The quantitative estimate of drug-likeness (QED) is 0.705. The number of aliphatic hydroxyl groups excluding tert-OH is 1. The summed E-state index contributed by atoms with van der Waals surface area (Å²) in [5.41, 5.74) is -0.688. The third kappa shape index (κ3) is 3.03. The Labute approximate surface area is 97.6 Å². The summed E-state index contributed by atoms with van der Waals surface area (Å²) in [6.45, 7) is 5.92. The second-order valence-corrected chi connectivity index (χ2v) is 5.46. The Bertz CT molecular complexity index is 234. The maximum absolute atomic E-state index is 11.3. The van der Waals surface area contributed by atoms with Gasteiger partial charge in [0.25, 0.3) is 0 Å². The zero-order valence-corrected chi connectivity index (χ0v) is 10.5. The van der Waals surface area contributed by atoms with Gasteiger partial charge in [0.15, 0.2) is 0 Å². The van der Waals surface area contributed by atoms with Crippen molar-refractivity contribution < 1.29 is 14.6 Å². The fourth-order valence-electron chi connectivity index (χ4n) is 1.94. The highest BCUT2D eigenvalue weighted by atomic mass is 16.5. The van der Waals surface area contributed by atoms with Gasteiger partial charge >= 0.3 is 0 Å². The summed E-state index contributed by atoms with van der Waals surface area (Å²) in [5, 5.41) is 9.29. The topological polar surface area (TPSA) is 49.8 Å². The zero-order valence-electron chi connectivity index (χ0n) is 10.5. The molecule has 94 valence electrons. The van der Waals surface area contributed by atoms with Gasteiger partial charge in [-0.1, -0.05) is 0 Å². The number of hydrogen-bond acceptors (Lipinski definition) is 4. The van der Waals surface area contributed by atoms with E-state index in [9.17, 15) is 9.90 Å². The molecule has 1 fully saturated rings. The number of rotatable bonds is 5. The first-order valence-corrected chi connectivity index (χ1v) is 5.82. The lowest BCUT2D eigenvalue weighted by molar-refractivity contribution is -0.127. The predicted molar refractivity (Wildman–Crippen MR) is 62.3 cm³/mol. The summed E-state index contributed by atoms with van der Waals surface area (Å²) in [6.07, 6.45) is 2.84. The van der Waals surface area contributed by atoms with Gasteiger partial charge in [-0.3, -0.25) is 4.90 Å². The van der Waals surface area contributed by atoms with E-state index < -0.39 is 0 Å². The first-order chi connectivity index (χ1) is 7.46. The fraction of sp³-hybridized carbons (Fsp3) is 0.917. The lowest BCUT2D eigenvalue weighted by Gasteiger charge is -2.41. The molecule has 1 aliphatic rings. The van der Waals surface area contributed by atoms with Crippen LogP contribution in [0.25, 0.3) is 0 Å². The van der Waals surface area contributed by atoms with Gasteiger partial charge in [-0.05, 0) is 33.7 Å². The molecule has 1 rings (SSSR count). The second-order valence-electron chi connectivity index (χ2n) is 5.46. The highest BCUT2D eigenvalue weighted by Crippen LogP contribution is 2.29. The number of aliphatic hydroxyl groups is 1. The van der Waals surface area contributed by atoms with Crippen molar-refractivity contribution in [2.24, 2.45) is 5.41 Å². The van der Waals surface area contributed by atoms with Gasteiger partial charge in [0.05, 0.1) is 18.6 Å². The SMILES string of the molecule is CN(CC1(C=O)CCCOC1)C(C)(C)CO. The fourth-order valence-corrected chi connectivity index (χ4v) is 1.94. The molecular formula is C12H23NO3. The van der Waals surface area contributed by atoms with Crippen LogP contribution in [0.15, 0.2) is 0 Å². The molecule has 0 aromatic carbocycles. The standard InChI is InChI=1S/C12H23NO3/c1-11(2,8-14)13(3)7-12(9-15)5-4-6-16-10-12/h9,14H,4-8,10H2,1-3H3. The highest BCUT2D eigenvalue weighted by molar-refractivity contribution is 5.60. The minimum absolute atomic E-state index is 0.0826. The van der Waals surface area contributed by atoms with E-state index in [0.29, 0.717) is 13.2 Å². The molecule has 0 aliphatic carbocycles. The number of carbonyl (C=O) groups excluding carboxylic acids is 1. The molecule has 0 bridgehead atoms. The summed E-state index contributed by atoms with van der Waals surface area (Å²) >= 11 is 0. The number of hydrogen-bond donors (Lipinski definition) is 1. The van der Waals surface area contributed by atoms with Gasteiger partial charge in [0.2, 0.25) is 0 Å². The summed E-state index contributed by atoms with van der Waals surface area (Å²) < 4.78 is 5.40. The van der Waals surface area contributed by atoms with Crippen LogP contribution in [0, 0.1) is 5.41 Å². The number of nitrogens with zero attached hydrogens (tertiary/aromatic N) is 1. The maximum atomic E-state index is 11.3. The van der Waals surface area contributed by atoms with Crippen LogP contribution in [0.5, 0.6) is 0 Å². The van der Waals surface area contributed by atoms with Crippen molar-refractivity contribution in [2.45, 2.75) is 32.2 Å². The first kappa shape index (κ1) is 13.6. The molecule has 4 heteroatoms. The molecule has 1 unspecified atom stereocenters. The van der Waals surface area contributed by atoms with Gasteiger partial charge in [0.1, 0.15) is 6.29 Å². The molecule has 0 amide bonds. The van der Waals surface area contributed by atoms with Crippen molar-refractivity contribution in [3.8, 4) is 0 Å². The predicted octanol–water partition coefficient (Wildman–Crippen LogP) is 0.685. The average molecular weight is 229 g/mol. The third-order valence-electron chi connectivity index (χ3n) is 3.58. The summed E-state index contributed by atoms with van der Waals surface area (Å²) in [5.74, 6) is 0. The molecule has 16 heavy (non-hydrogen) atoms. The van der Waals surface area contributed by atoms with Crippen LogP contribution in [0.4, 0.5) is 0 Å². The Morgan fingerprint density at radius 2 is 2.25 bits per heavy atom. The van der Waals surface area contributed by atoms with E-state index in [4.69, 9.17) is 4.74 Å². The van der Waals surface area contributed by atoms with Gasteiger partial charge in [-0.15, -0.1) is 0 Å². The molecule has 1 N–H and O–H groups in total. The maximum Gasteiger partial charge on any atom is 0.129 e. The van der Waals surface area contributed by atoms with Crippen LogP contribution in [0.1, 0.15) is 26.7 Å². The van der Waals surface area contributed by atoms with E-state index in [1.807, 2.05) is 25.8 Å². The van der Waals surface area contributed by atoms with Crippen molar-refractivity contribution >= 4 is 6.29 Å². The Morgan fingerprint density at radius 3 is 2.69 bits per heavy atom. The number of aldehydes is 1. The lowest BCUT2D eigenvalue weighted by Crippen LogP contribution is -2.52. The van der Waals surface area contributed by atoms with Crippen molar-refractivity contribution in [3.05, 3.63) is 0 Å². The van der Waals surface area contributed by atoms with Crippen LogP contribution in [0.2, 0.25) is 0 Å². The van der Waals surface area contributed by atoms with Gasteiger partial charge in [0, 0.05) is 18.7 Å². The Kier molecular flexibility index (Phi) is 4.47. The molecule has 1 aliphatic heterocycles. The normalized spacial score (nSPS) is 27.1. The summed E-state index contributed by atoms with van der Waals surface area (Å²) in [6, 6.07) is 0. The van der Waals surface area contributed by atoms with E-state index in [2.05, 4.69) is 0 Å². The second kappa shape index (κ2) is 5.25. The highest BCUT2D eigenvalue weighted by Gasteiger charge is 2.37. The van der Waals surface area contributed by atoms with E-state index in [1.165, 1.54) is 0 Å². The van der Waals surface area contributed by atoms with Gasteiger partial charge in [-0.25, -0.2) is 0 Å². The van der Waals surface area contributed by atoms with Crippen molar-refractivity contribution in [1.82, 2.24) is 4.90 Å². The Balaban J connectivity index is 2.65. The molecule has 0 spiro atoms. The number of carbonyl (C=O) groups is 1. The van der Waals surface area contributed by atoms with Crippen LogP contribution >= 0.6 is 0 Å². The number of likely N-dealkylation sites (N-methyl/N-ethyl adjacent to an activating group) is 1. The minimum atomic E-state index is -0.389. The van der Waals surface area contributed by atoms with Crippen LogP contribution in [0.3, 0.4) is 0 Å². The summed E-state index contributed by atoms with van der Waals surface area (Å²) in [7, 11) is 1.94. The van der Waals surface area contributed by atoms with E-state index in [-0.39, 0.29) is 17.6 Å².